The van der Waals surface area contributed by atoms with Gasteiger partial charge in [0, 0.05) is 25.6 Å². The van der Waals surface area contributed by atoms with Crippen LogP contribution in [0.15, 0.2) is 22.6 Å². The number of likely N-dealkylation sites (tertiary alicyclic amines) is 1. The van der Waals surface area contributed by atoms with Gasteiger partial charge in [-0.3, -0.25) is 19.3 Å². The van der Waals surface area contributed by atoms with Gasteiger partial charge < -0.3 is 9.73 Å². The molecule has 2 fully saturated rings. The van der Waals surface area contributed by atoms with Gasteiger partial charge in [0.1, 0.15) is 5.52 Å². The molecule has 0 radical (unpaired) electrons. The van der Waals surface area contributed by atoms with E-state index in [1.54, 1.807) is 25.1 Å². The standard InChI is InChI=1S/C19H21N3O4/c1-11-20-15-10-12(6-7-16(15)26-11)21-17(23)8-9-22-18(24)13-4-2-3-5-14(13)19(22)25/h6-7,10,13-14H,2-5,8-9H2,1H3,(H,21,23)/t13-,14-/m0/s1. The van der Waals surface area contributed by atoms with Crippen molar-refractivity contribution in [1.82, 2.24) is 9.88 Å². The Morgan fingerprint density at radius 1 is 1.23 bits per heavy atom. The van der Waals surface area contributed by atoms with Crippen LogP contribution in [0.5, 0.6) is 0 Å². The van der Waals surface area contributed by atoms with Crippen LogP contribution in [0.2, 0.25) is 0 Å². The zero-order chi connectivity index (χ0) is 18.3. The second-order valence-corrected chi connectivity index (χ2v) is 7.04. The second kappa shape index (κ2) is 6.55. The molecule has 136 valence electrons. The van der Waals surface area contributed by atoms with E-state index < -0.39 is 0 Å². The van der Waals surface area contributed by atoms with Crippen molar-refractivity contribution in [1.29, 1.82) is 0 Å². The fourth-order valence-electron chi connectivity index (χ4n) is 4.01. The number of hydrogen-bond donors (Lipinski definition) is 1. The van der Waals surface area contributed by atoms with Gasteiger partial charge in [0.25, 0.3) is 0 Å². The van der Waals surface area contributed by atoms with Crippen molar-refractivity contribution < 1.29 is 18.8 Å². The molecule has 1 saturated heterocycles. The van der Waals surface area contributed by atoms with Crippen molar-refractivity contribution in [3.63, 3.8) is 0 Å². The predicted molar refractivity (Wildman–Crippen MR) is 94.2 cm³/mol. The number of carbonyl (C=O) groups excluding carboxylic acids is 3. The molecule has 26 heavy (non-hydrogen) atoms. The first kappa shape index (κ1) is 16.8. The second-order valence-electron chi connectivity index (χ2n) is 7.04. The van der Waals surface area contributed by atoms with Crippen molar-refractivity contribution in [3.05, 3.63) is 24.1 Å². The Morgan fingerprint density at radius 3 is 2.62 bits per heavy atom. The fraction of sp³-hybridized carbons (Fsp3) is 0.474. The molecule has 1 N–H and O–H groups in total. The fourth-order valence-corrected chi connectivity index (χ4v) is 4.01. The Balaban J connectivity index is 1.37. The van der Waals surface area contributed by atoms with Crippen LogP contribution in [0, 0.1) is 18.8 Å². The highest BCUT2D eigenvalue weighted by Crippen LogP contribution is 2.38. The third-order valence-electron chi connectivity index (χ3n) is 5.27. The predicted octanol–water partition coefficient (Wildman–Crippen LogP) is 2.64. The molecular formula is C19H21N3O4. The molecule has 7 heteroatoms. The zero-order valence-corrected chi connectivity index (χ0v) is 14.7. The van der Waals surface area contributed by atoms with Crippen LogP contribution < -0.4 is 5.32 Å². The summed E-state index contributed by atoms with van der Waals surface area (Å²) >= 11 is 0. The smallest absolute Gasteiger partial charge is 0.233 e. The van der Waals surface area contributed by atoms with Gasteiger partial charge in [0.15, 0.2) is 11.5 Å². The normalized spacial score (nSPS) is 22.7. The van der Waals surface area contributed by atoms with Gasteiger partial charge in [-0.1, -0.05) is 12.8 Å². The molecule has 1 aromatic carbocycles. The van der Waals surface area contributed by atoms with Crippen LogP contribution in [-0.2, 0) is 14.4 Å². The number of aromatic nitrogens is 1. The minimum atomic E-state index is -0.236. The highest BCUT2D eigenvalue weighted by Gasteiger charge is 2.47. The van der Waals surface area contributed by atoms with Gasteiger partial charge in [-0.2, -0.15) is 0 Å². The molecule has 2 heterocycles. The van der Waals surface area contributed by atoms with Crippen LogP contribution in [0.4, 0.5) is 5.69 Å². The van der Waals surface area contributed by atoms with Crippen molar-refractivity contribution in [3.8, 4) is 0 Å². The number of fused-ring (bicyclic) bond motifs is 2. The van der Waals surface area contributed by atoms with Crippen molar-refractivity contribution >= 4 is 34.5 Å². The first-order valence-corrected chi connectivity index (χ1v) is 9.05. The van der Waals surface area contributed by atoms with Crippen molar-refractivity contribution in [2.24, 2.45) is 11.8 Å². The number of aryl methyl sites for hydroxylation is 1. The maximum Gasteiger partial charge on any atom is 0.233 e. The number of nitrogens with one attached hydrogen (secondary N) is 1. The Labute approximate surface area is 150 Å². The monoisotopic (exact) mass is 355 g/mol. The lowest BCUT2D eigenvalue weighted by atomic mass is 9.81. The van der Waals surface area contributed by atoms with Crippen LogP contribution in [-0.4, -0.2) is 34.2 Å². The summed E-state index contributed by atoms with van der Waals surface area (Å²) in [7, 11) is 0. The van der Waals surface area contributed by atoms with E-state index in [1.807, 2.05) is 0 Å². The van der Waals surface area contributed by atoms with Crippen LogP contribution in [0.3, 0.4) is 0 Å². The summed E-state index contributed by atoms with van der Waals surface area (Å²) in [5, 5.41) is 2.79. The summed E-state index contributed by atoms with van der Waals surface area (Å²) in [6.45, 7) is 1.90. The Morgan fingerprint density at radius 2 is 1.92 bits per heavy atom. The highest BCUT2D eigenvalue weighted by atomic mass is 16.3. The molecule has 3 amide bonds. The molecule has 2 aromatic rings. The van der Waals surface area contributed by atoms with E-state index in [4.69, 9.17) is 4.42 Å². The Hall–Kier alpha value is -2.70. The molecule has 2 atom stereocenters. The van der Waals surface area contributed by atoms with E-state index in [0.717, 1.165) is 25.7 Å². The number of carbonyl (C=O) groups is 3. The lowest BCUT2D eigenvalue weighted by molar-refractivity contribution is -0.140. The molecular weight excluding hydrogens is 334 g/mol. The summed E-state index contributed by atoms with van der Waals surface area (Å²) in [4.78, 5) is 42.6. The highest BCUT2D eigenvalue weighted by molar-refractivity contribution is 6.05. The molecule has 4 rings (SSSR count). The summed E-state index contributed by atoms with van der Waals surface area (Å²) in [6.07, 6.45) is 3.66. The number of hydrogen-bond acceptors (Lipinski definition) is 5. The molecule has 0 unspecified atom stereocenters. The third kappa shape index (κ3) is 2.98. The SMILES string of the molecule is Cc1nc2cc(NC(=O)CCN3C(=O)[C@H]4CCCC[C@@H]4C3=O)ccc2o1. The number of benzene rings is 1. The summed E-state index contributed by atoms with van der Waals surface area (Å²) in [5.74, 6) is -0.218. The average molecular weight is 355 g/mol. The minimum Gasteiger partial charge on any atom is -0.441 e. The molecule has 1 aliphatic carbocycles. The summed E-state index contributed by atoms with van der Waals surface area (Å²) in [5.41, 5.74) is 1.95. The maximum atomic E-state index is 12.4. The summed E-state index contributed by atoms with van der Waals surface area (Å²) < 4.78 is 5.41. The number of anilines is 1. The number of rotatable bonds is 4. The van der Waals surface area contributed by atoms with Gasteiger partial charge in [0.2, 0.25) is 17.7 Å². The summed E-state index contributed by atoms with van der Waals surface area (Å²) in [6, 6.07) is 5.24. The topological polar surface area (TPSA) is 92.5 Å². The molecule has 1 aromatic heterocycles. The van der Waals surface area contributed by atoms with E-state index in [1.165, 1.54) is 4.90 Å². The van der Waals surface area contributed by atoms with E-state index in [9.17, 15) is 14.4 Å². The van der Waals surface area contributed by atoms with E-state index >= 15 is 0 Å². The molecule has 1 saturated carbocycles. The van der Waals surface area contributed by atoms with Gasteiger partial charge in [-0.15, -0.1) is 0 Å². The van der Waals surface area contributed by atoms with Crippen LogP contribution >= 0.6 is 0 Å². The third-order valence-corrected chi connectivity index (χ3v) is 5.27. The first-order chi connectivity index (χ1) is 12.5. The Kier molecular flexibility index (Phi) is 4.22. The van der Waals surface area contributed by atoms with Crippen molar-refractivity contribution in [2.75, 3.05) is 11.9 Å². The molecule has 2 aliphatic rings. The largest absolute Gasteiger partial charge is 0.441 e. The van der Waals surface area contributed by atoms with Gasteiger partial charge in [-0.25, -0.2) is 4.98 Å². The van der Waals surface area contributed by atoms with E-state index in [0.29, 0.717) is 22.7 Å². The molecule has 7 nitrogen and oxygen atoms in total. The van der Waals surface area contributed by atoms with Crippen LogP contribution in [0.1, 0.15) is 38.0 Å². The lowest BCUT2D eigenvalue weighted by Gasteiger charge is -2.19. The quantitative estimate of drug-likeness (QED) is 0.851. The number of nitrogens with zero attached hydrogens (tertiary/aromatic N) is 2. The molecule has 0 bridgehead atoms. The number of oxazole rings is 1. The van der Waals surface area contributed by atoms with Gasteiger partial charge in [0.05, 0.1) is 11.8 Å². The Bertz CT molecular complexity index is 864. The maximum absolute atomic E-state index is 12.4. The van der Waals surface area contributed by atoms with E-state index in [-0.39, 0.29) is 42.5 Å². The number of amides is 3. The minimum absolute atomic E-state index is 0.0901. The van der Waals surface area contributed by atoms with E-state index in [2.05, 4.69) is 10.3 Å². The first-order valence-electron chi connectivity index (χ1n) is 9.05. The van der Waals surface area contributed by atoms with Gasteiger partial charge >= 0.3 is 0 Å². The van der Waals surface area contributed by atoms with Crippen LogP contribution in [0.25, 0.3) is 11.1 Å². The van der Waals surface area contributed by atoms with Crippen molar-refractivity contribution in [2.45, 2.75) is 39.0 Å². The molecule has 0 spiro atoms. The molecule has 1 aliphatic heterocycles. The zero-order valence-electron chi connectivity index (χ0n) is 14.7. The van der Waals surface area contributed by atoms with Gasteiger partial charge in [-0.05, 0) is 31.0 Å². The number of imide groups is 1. The average Bonchev–Trinajstić information content (AvgIpc) is 3.11. The lowest BCUT2D eigenvalue weighted by Crippen LogP contribution is -2.34.